The monoisotopic (exact) mass is 314 g/mol. The van der Waals surface area contributed by atoms with Gasteiger partial charge in [0.15, 0.2) is 0 Å². The van der Waals surface area contributed by atoms with E-state index in [0.29, 0.717) is 6.42 Å². The lowest BCUT2D eigenvalue weighted by Gasteiger charge is -2.14. The molecule has 3 rings (SSSR count). The SMILES string of the molecule is C=C(Cc1ccccc1-c1ccccc1-c1ccccc1)C(=O)O. The Morgan fingerprint density at radius 1 is 0.750 bits per heavy atom. The van der Waals surface area contributed by atoms with E-state index in [0.717, 1.165) is 27.8 Å². The molecule has 0 amide bonds. The Morgan fingerprint density at radius 3 is 1.96 bits per heavy atom. The largest absolute Gasteiger partial charge is 0.478 e. The van der Waals surface area contributed by atoms with Crippen molar-refractivity contribution in [3.05, 3.63) is 96.6 Å². The van der Waals surface area contributed by atoms with Gasteiger partial charge in [0.1, 0.15) is 0 Å². The maximum atomic E-state index is 11.1. The van der Waals surface area contributed by atoms with Gasteiger partial charge in [0.05, 0.1) is 0 Å². The van der Waals surface area contributed by atoms with Gasteiger partial charge in [0.25, 0.3) is 0 Å². The lowest BCUT2D eigenvalue weighted by molar-refractivity contribution is -0.132. The Labute approximate surface area is 141 Å². The van der Waals surface area contributed by atoms with Crippen LogP contribution in [0, 0.1) is 0 Å². The van der Waals surface area contributed by atoms with Crippen LogP contribution in [0.3, 0.4) is 0 Å². The number of hydrogen-bond acceptors (Lipinski definition) is 1. The zero-order valence-electron chi connectivity index (χ0n) is 13.3. The van der Waals surface area contributed by atoms with E-state index in [1.165, 1.54) is 0 Å². The molecule has 0 saturated heterocycles. The molecule has 2 nitrogen and oxygen atoms in total. The molecule has 0 heterocycles. The van der Waals surface area contributed by atoms with Crippen molar-refractivity contribution in [2.75, 3.05) is 0 Å². The fraction of sp³-hybridized carbons (Fsp3) is 0.0455. The Hall–Kier alpha value is -3.13. The summed E-state index contributed by atoms with van der Waals surface area (Å²) < 4.78 is 0. The number of hydrogen-bond donors (Lipinski definition) is 1. The second-order valence-corrected chi connectivity index (χ2v) is 5.65. The minimum Gasteiger partial charge on any atom is -0.478 e. The minimum atomic E-state index is -0.957. The fourth-order valence-electron chi connectivity index (χ4n) is 2.83. The third kappa shape index (κ3) is 3.28. The summed E-state index contributed by atoms with van der Waals surface area (Å²) in [4.78, 5) is 11.1. The van der Waals surface area contributed by atoms with E-state index in [1.807, 2.05) is 54.6 Å². The molecule has 0 aliphatic heterocycles. The van der Waals surface area contributed by atoms with E-state index in [4.69, 9.17) is 5.11 Å². The lowest BCUT2D eigenvalue weighted by atomic mass is 9.90. The van der Waals surface area contributed by atoms with Crippen molar-refractivity contribution in [3.8, 4) is 22.3 Å². The van der Waals surface area contributed by atoms with Gasteiger partial charge in [-0.15, -0.1) is 0 Å². The molecule has 2 heteroatoms. The molecule has 118 valence electrons. The maximum absolute atomic E-state index is 11.1. The summed E-state index contributed by atoms with van der Waals surface area (Å²) in [5, 5.41) is 9.14. The van der Waals surface area contributed by atoms with E-state index in [1.54, 1.807) is 0 Å². The summed E-state index contributed by atoms with van der Waals surface area (Å²) in [6.45, 7) is 3.67. The van der Waals surface area contributed by atoms with Gasteiger partial charge in [-0.25, -0.2) is 4.79 Å². The Morgan fingerprint density at radius 2 is 1.29 bits per heavy atom. The average Bonchev–Trinajstić information content (AvgIpc) is 2.63. The molecule has 0 radical (unpaired) electrons. The zero-order valence-corrected chi connectivity index (χ0v) is 13.3. The Bertz CT molecular complexity index is 879. The standard InChI is InChI=1S/C22H18O2/c1-16(22(23)24)15-18-11-5-6-13-20(18)21-14-8-7-12-19(21)17-9-3-2-4-10-17/h2-14H,1,15H2,(H,23,24). The minimum absolute atomic E-state index is 0.194. The van der Waals surface area contributed by atoms with Gasteiger partial charge in [-0.3, -0.25) is 0 Å². The summed E-state index contributed by atoms with van der Waals surface area (Å²) in [6.07, 6.45) is 0.328. The van der Waals surface area contributed by atoms with Crippen LogP contribution in [-0.4, -0.2) is 11.1 Å². The van der Waals surface area contributed by atoms with Gasteiger partial charge in [0.2, 0.25) is 0 Å². The number of benzene rings is 3. The summed E-state index contributed by atoms with van der Waals surface area (Å²) in [7, 11) is 0. The van der Waals surface area contributed by atoms with E-state index >= 15 is 0 Å². The van der Waals surface area contributed by atoms with Crippen LogP contribution in [0.15, 0.2) is 91.0 Å². The summed E-state index contributed by atoms with van der Waals surface area (Å²) in [5.41, 5.74) is 5.57. The number of rotatable bonds is 5. The molecule has 0 aliphatic rings. The quantitative estimate of drug-likeness (QED) is 0.657. The third-order valence-electron chi connectivity index (χ3n) is 4.03. The molecule has 3 aromatic rings. The molecule has 0 bridgehead atoms. The van der Waals surface area contributed by atoms with Crippen molar-refractivity contribution in [2.45, 2.75) is 6.42 Å². The van der Waals surface area contributed by atoms with Crippen molar-refractivity contribution in [2.24, 2.45) is 0 Å². The van der Waals surface area contributed by atoms with Gasteiger partial charge in [-0.05, 0) is 27.8 Å². The molecule has 24 heavy (non-hydrogen) atoms. The van der Waals surface area contributed by atoms with Crippen LogP contribution in [-0.2, 0) is 11.2 Å². The number of carboxylic acids is 1. The number of carboxylic acid groups (broad SMARTS) is 1. The highest BCUT2D eigenvalue weighted by atomic mass is 16.4. The summed E-state index contributed by atoms with van der Waals surface area (Å²) in [6, 6.07) is 26.3. The van der Waals surface area contributed by atoms with Gasteiger partial charge >= 0.3 is 5.97 Å². The number of carbonyl (C=O) groups is 1. The molecule has 0 aromatic heterocycles. The van der Waals surface area contributed by atoms with Crippen molar-refractivity contribution in [1.82, 2.24) is 0 Å². The highest BCUT2D eigenvalue weighted by Gasteiger charge is 2.13. The second kappa shape index (κ2) is 6.97. The topological polar surface area (TPSA) is 37.3 Å². The first kappa shape index (κ1) is 15.8. The molecule has 0 aliphatic carbocycles. The van der Waals surface area contributed by atoms with Crippen LogP contribution in [0.2, 0.25) is 0 Å². The first-order valence-electron chi connectivity index (χ1n) is 7.80. The van der Waals surface area contributed by atoms with Crippen LogP contribution < -0.4 is 0 Å². The van der Waals surface area contributed by atoms with E-state index in [9.17, 15) is 4.79 Å². The first-order valence-corrected chi connectivity index (χ1v) is 7.80. The Balaban J connectivity index is 2.11. The molecule has 0 unspecified atom stereocenters. The smallest absolute Gasteiger partial charge is 0.331 e. The van der Waals surface area contributed by atoms with Crippen molar-refractivity contribution < 1.29 is 9.90 Å². The van der Waals surface area contributed by atoms with Crippen LogP contribution >= 0.6 is 0 Å². The highest BCUT2D eigenvalue weighted by Crippen LogP contribution is 2.34. The maximum Gasteiger partial charge on any atom is 0.331 e. The zero-order chi connectivity index (χ0) is 16.9. The van der Waals surface area contributed by atoms with Crippen molar-refractivity contribution in [1.29, 1.82) is 0 Å². The Kier molecular flexibility index (Phi) is 4.57. The van der Waals surface area contributed by atoms with Crippen LogP contribution in [0.5, 0.6) is 0 Å². The third-order valence-corrected chi connectivity index (χ3v) is 4.03. The molecule has 0 saturated carbocycles. The van der Waals surface area contributed by atoms with Gasteiger partial charge in [-0.1, -0.05) is 85.4 Å². The molecule has 0 fully saturated rings. The van der Waals surface area contributed by atoms with Gasteiger partial charge < -0.3 is 5.11 Å². The molecular weight excluding hydrogens is 296 g/mol. The van der Waals surface area contributed by atoms with Crippen LogP contribution in [0.1, 0.15) is 5.56 Å². The average molecular weight is 314 g/mol. The fourth-order valence-corrected chi connectivity index (χ4v) is 2.83. The molecule has 3 aromatic carbocycles. The predicted octanol–water partition coefficient (Wildman–Crippen LogP) is 5.20. The van der Waals surface area contributed by atoms with Gasteiger partial charge in [0, 0.05) is 12.0 Å². The molecule has 1 N–H and O–H groups in total. The van der Waals surface area contributed by atoms with E-state index in [2.05, 4.69) is 30.8 Å². The van der Waals surface area contributed by atoms with Crippen molar-refractivity contribution in [3.63, 3.8) is 0 Å². The lowest BCUT2D eigenvalue weighted by Crippen LogP contribution is -2.03. The normalized spacial score (nSPS) is 10.3. The first-order chi connectivity index (χ1) is 11.7. The second-order valence-electron chi connectivity index (χ2n) is 5.65. The highest BCUT2D eigenvalue weighted by molar-refractivity contribution is 5.88. The van der Waals surface area contributed by atoms with E-state index in [-0.39, 0.29) is 5.57 Å². The molecular formula is C22H18O2. The number of aliphatic carboxylic acids is 1. The van der Waals surface area contributed by atoms with Crippen molar-refractivity contribution >= 4 is 5.97 Å². The molecule has 0 atom stereocenters. The summed E-state index contributed by atoms with van der Waals surface area (Å²) >= 11 is 0. The van der Waals surface area contributed by atoms with Gasteiger partial charge in [-0.2, -0.15) is 0 Å². The van der Waals surface area contributed by atoms with E-state index < -0.39 is 5.97 Å². The van der Waals surface area contributed by atoms with Crippen LogP contribution in [0.4, 0.5) is 0 Å². The summed E-state index contributed by atoms with van der Waals surface area (Å²) in [5.74, 6) is -0.957. The predicted molar refractivity (Wildman–Crippen MR) is 97.8 cm³/mol. The molecule has 0 spiro atoms. The van der Waals surface area contributed by atoms with Crippen LogP contribution in [0.25, 0.3) is 22.3 Å².